The monoisotopic (exact) mass is 372 g/mol. The fourth-order valence-electron chi connectivity index (χ4n) is 3.33. The molecule has 0 saturated carbocycles. The lowest BCUT2D eigenvalue weighted by molar-refractivity contribution is 0.0464. The average molecular weight is 372 g/mol. The maximum absolute atomic E-state index is 12.2. The van der Waals surface area contributed by atoms with Crippen molar-refractivity contribution in [1.82, 2.24) is 19.8 Å². The first kappa shape index (κ1) is 19.4. The Balaban J connectivity index is 1.51. The molecule has 0 spiro atoms. The Hall–Kier alpha value is -2.41. The van der Waals surface area contributed by atoms with E-state index in [1.165, 1.54) is 0 Å². The Kier molecular flexibility index (Phi) is 5.79. The number of nitrogens with one attached hydrogen (secondary N) is 1. The number of aromatic nitrogens is 2. The van der Waals surface area contributed by atoms with Crippen LogP contribution in [0, 0.1) is 0 Å². The van der Waals surface area contributed by atoms with E-state index in [9.17, 15) is 9.59 Å². The van der Waals surface area contributed by atoms with Crippen molar-refractivity contribution in [3.63, 3.8) is 0 Å². The van der Waals surface area contributed by atoms with Gasteiger partial charge < -0.3 is 19.5 Å². The molecule has 1 amide bonds. The van der Waals surface area contributed by atoms with E-state index in [2.05, 4.69) is 15.2 Å². The second-order valence-corrected chi connectivity index (χ2v) is 8.05. The van der Waals surface area contributed by atoms with Crippen LogP contribution in [-0.4, -0.2) is 51.8 Å². The fraction of sp³-hybridized carbons (Fsp3) is 0.550. The largest absolute Gasteiger partial charge is 0.446 e. The summed E-state index contributed by atoms with van der Waals surface area (Å²) in [4.78, 5) is 30.8. The summed E-state index contributed by atoms with van der Waals surface area (Å²) < 4.78 is 7.29. The number of alkyl carbamates (subject to hydrolysis) is 1. The van der Waals surface area contributed by atoms with Crippen molar-refractivity contribution in [2.45, 2.75) is 51.8 Å². The second kappa shape index (κ2) is 8.08. The van der Waals surface area contributed by atoms with Gasteiger partial charge in [0.15, 0.2) is 0 Å². The number of hydrogen-bond acceptors (Lipinski definition) is 5. The molecule has 0 bridgehead atoms. The third-order valence-electron chi connectivity index (χ3n) is 4.68. The van der Waals surface area contributed by atoms with E-state index >= 15 is 0 Å². The molecule has 0 radical (unpaired) electrons. The van der Waals surface area contributed by atoms with E-state index in [1.54, 1.807) is 22.9 Å². The number of amides is 1. The topological polar surface area (TPSA) is 76.5 Å². The molecule has 27 heavy (non-hydrogen) atoms. The molecule has 3 heterocycles. The van der Waals surface area contributed by atoms with E-state index in [4.69, 9.17) is 4.74 Å². The molecular weight excluding hydrogens is 344 g/mol. The number of pyridine rings is 2. The molecule has 0 aromatic carbocycles. The molecular formula is C20H28N4O3. The first-order valence-electron chi connectivity index (χ1n) is 9.47. The third kappa shape index (κ3) is 5.29. The molecule has 1 aliphatic rings. The van der Waals surface area contributed by atoms with E-state index in [-0.39, 0.29) is 23.3 Å². The summed E-state index contributed by atoms with van der Waals surface area (Å²) >= 11 is 0. The fourth-order valence-corrected chi connectivity index (χ4v) is 3.33. The maximum atomic E-state index is 12.2. The summed E-state index contributed by atoms with van der Waals surface area (Å²) in [7, 11) is 0. The van der Waals surface area contributed by atoms with Crippen molar-refractivity contribution in [3.05, 3.63) is 40.8 Å². The minimum absolute atomic E-state index is 0.00688. The van der Waals surface area contributed by atoms with Gasteiger partial charge in [0.25, 0.3) is 5.56 Å². The number of likely N-dealkylation sites (tertiary alicyclic amines) is 1. The number of fused-ring (bicyclic) bond motifs is 1. The Bertz CT molecular complexity index is 848. The number of rotatable bonds is 4. The molecule has 146 valence electrons. The van der Waals surface area contributed by atoms with Gasteiger partial charge in [-0.15, -0.1) is 0 Å². The first-order valence-corrected chi connectivity index (χ1v) is 9.47. The van der Waals surface area contributed by atoms with Crippen molar-refractivity contribution in [3.8, 4) is 0 Å². The van der Waals surface area contributed by atoms with Gasteiger partial charge >= 0.3 is 6.09 Å². The van der Waals surface area contributed by atoms with Gasteiger partial charge in [0.2, 0.25) is 0 Å². The van der Waals surface area contributed by atoms with Gasteiger partial charge in [-0.1, -0.05) is 0 Å². The van der Waals surface area contributed by atoms with Crippen LogP contribution >= 0.6 is 0 Å². The molecule has 1 N–H and O–H groups in total. The predicted molar refractivity (Wildman–Crippen MR) is 105 cm³/mol. The Labute approximate surface area is 159 Å². The van der Waals surface area contributed by atoms with Gasteiger partial charge in [0.05, 0.1) is 11.0 Å². The molecule has 1 aliphatic heterocycles. The Morgan fingerprint density at radius 3 is 2.67 bits per heavy atom. The van der Waals surface area contributed by atoms with Gasteiger partial charge in [-0.25, -0.2) is 4.79 Å². The Morgan fingerprint density at radius 1 is 1.22 bits per heavy atom. The van der Waals surface area contributed by atoms with Crippen LogP contribution in [0.3, 0.4) is 0 Å². The highest BCUT2D eigenvalue weighted by Crippen LogP contribution is 2.15. The summed E-state index contributed by atoms with van der Waals surface area (Å²) in [6.45, 7) is 8.91. The lowest BCUT2D eigenvalue weighted by Gasteiger charge is -2.32. The highest BCUT2D eigenvalue weighted by Gasteiger charge is 2.24. The lowest BCUT2D eigenvalue weighted by atomic mass is 10.1. The van der Waals surface area contributed by atoms with Crippen molar-refractivity contribution >= 4 is 17.1 Å². The lowest BCUT2D eigenvalue weighted by Crippen LogP contribution is -2.45. The quantitative estimate of drug-likeness (QED) is 0.892. The van der Waals surface area contributed by atoms with Crippen LogP contribution in [0.5, 0.6) is 0 Å². The van der Waals surface area contributed by atoms with E-state index in [0.29, 0.717) is 6.54 Å². The van der Waals surface area contributed by atoms with Crippen LogP contribution in [0.25, 0.3) is 11.0 Å². The zero-order valence-corrected chi connectivity index (χ0v) is 16.3. The molecule has 2 aromatic heterocycles. The number of carbonyl (C=O) groups excluding carboxylic acids is 1. The number of nitrogens with zero attached hydrogens (tertiary/aromatic N) is 3. The third-order valence-corrected chi connectivity index (χ3v) is 4.68. The van der Waals surface area contributed by atoms with Gasteiger partial charge in [-0.3, -0.25) is 9.78 Å². The van der Waals surface area contributed by atoms with Gasteiger partial charge in [-0.2, -0.15) is 0 Å². The average Bonchev–Trinajstić information content (AvgIpc) is 2.60. The van der Waals surface area contributed by atoms with Crippen LogP contribution in [0.4, 0.5) is 4.79 Å². The van der Waals surface area contributed by atoms with Crippen molar-refractivity contribution < 1.29 is 9.53 Å². The summed E-state index contributed by atoms with van der Waals surface area (Å²) in [6.07, 6.45) is 2.95. The Morgan fingerprint density at radius 2 is 1.96 bits per heavy atom. The highest BCUT2D eigenvalue weighted by molar-refractivity contribution is 5.73. The number of hydrogen-bond donors (Lipinski definition) is 1. The van der Waals surface area contributed by atoms with Crippen LogP contribution in [0.2, 0.25) is 0 Å². The number of ether oxygens (including phenoxy) is 1. The molecule has 7 heteroatoms. The van der Waals surface area contributed by atoms with E-state index in [1.807, 2.05) is 32.9 Å². The van der Waals surface area contributed by atoms with Crippen molar-refractivity contribution in [2.75, 3.05) is 19.6 Å². The van der Waals surface area contributed by atoms with Crippen LogP contribution < -0.4 is 10.9 Å². The molecule has 0 atom stereocenters. The van der Waals surface area contributed by atoms with Gasteiger partial charge in [0.1, 0.15) is 6.10 Å². The van der Waals surface area contributed by atoms with Gasteiger partial charge in [0, 0.05) is 44.0 Å². The first-order chi connectivity index (χ1) is 12.8. The van der Waals surface area contributed by atoms with Crippen LogP contribution in [0.1, 0.15) is 33.6 Å². The molecule has 1 fully saturated rings. The minimum Gasteiger partial charge on any atom is -0.446 e. The van der Waals surface area contributed by atoms with E-state index < -0.39 is 0 Å². The zero-order valence-electron chi connectivity index (χ0n) is 16.3. The maximum Gasteiger partial charge on any atom is 0.407 e. The summed E-state index contributed by atoms with van der Waals surface area (Å²) in [6, 6.07) is 7.12. The summed E-state index contributed by atoms with van der Waals surface area (Å²) in [5, 5.41) is 2.83. The highest BCUT2D eigenvalue weighted by atomic mass is 16.6. The predicted octanol–water partition coefficient (Wildman–Crippen LogP) is 2.39. The molecule has 7 nitrogen and oxygen atoms in total. The number of piperidine rings is 1. The molecule has 2 aromatic rings. The van der Waals surface area contributed by atoms with Crippen LogP contribution in [0.15, 0.2) is 35.3 Å². The van der Waals surface area contributed by atoms with Crippen molar-refractivity contribution in [2.24, 2.45) is 0 Å². The van der Waals surface area contributed by atoms with Crippen molar-refractivity contribution in [1.29, 1.82) is 0 Å². The van der Waals surface area contributed by atoms with E-state index in [0.717, 1.165) is 43.5 Å². The normalized spacial score (nSPS) is 16.4. The minimum atomic E-state index is -0.351. The zero-order chi connectivity index (χ0) is 19.4. The summed E-state index contributed by atoms with van der Waals surface area (Å²) in [5.41, 5.74) is 1.39. The smallest absolute Gasteiger partial charge is 0.407 e. The van der Waals surface area contributed by atoms with Gasteiger partial charge in [-0.05, 0) is 51.8 Å². The molecule has 3 rings (SSSR count). The second-order valence-electron chi connectivity index (χ2n) is 8.05. The standard InChI is InChI=1S/C20H28N4O3/c1-20(2,3)22-19(26)27-15-8-11-23(12-9-15)13-14-24-17-5-4-10-21-16(17)6-7-18(24)25/h4-7,10,15H,8-9,11-14H2,1-3H3,(H,22,26). The molecule has 0 aliphatic carbocycles. The number of carbonyl (C=O) groups is 1. The summed E-state index contributed by atoms with van der Waals surface area (Å²) in [5.74, 6) is 0. The van der Waals surface area contributed by atoms with Crippen LogP contribution in [-0.2, 0) is 11.3 Å². The molecule has 0 unspecified atom stereocenters. The SMILES string of the molecule is CC(C)(C)NC(=O)OC1CCN(CCn2c(=O)ccc3ncccc32)CC1. The molecule has 1 saturated heterocycles.